The first kappa shape index (κ1) is 11.0. The normalized spacial score (nSPS) is 11.7. The van der Waals surface area contributed by atoms with Gasteiger partial charge in [-0.3, -0.25) is 4.98 Å². The Bertz CT molecular complexity index is 551. The summed E-state index contributed by atoms with van der Waals surface area (Å²) in [4.78, 5) is 8.46. The molecule has 2 heterocycles. The molecule has 0 spiro atoms. The van der Waals surface area contributed by atoms with Crippen LogP contribution in [0, 0.1) is 4.84 Å². The predicted molar refractivity (Wildman–Crippen MR) is 63.6 cm³/mol. The third kappa shape index (κ3) is 2.19. The number of aromatic amines is 1. The molecule has 2 rings (SSSR count). The Morgan fingerprint density at radius 2 is 2.12 bits per heavy atom. The van der Waals surface area contributed by atoms with Crippen LogP contribution in [-0.2, 0) is 5.41 Å². The lowest BCUT2D eigenvalue weighted by Gasteiger charge is -2.18. The molecule has 84 valence electrons. The summed E-state index contributed by atoms with van der Waals surface area (Å²) in [5.41, 5.74) is 2.02. The van der Waals surface area contributed by atoms with Gasteiger partial charge in [0.15, 0.2) is 5.82 Å². The van der Waals surface area contributed by atoms with Crippen LogP contribution in [0.15, 0.2) is 22.9 Å². The van der Waals surface area contributed by atoms with Crippen LogP contribution in [0.4, 0.5) is 0 Å². The quantitative estimate of drug-likeness (QED) is 0.772. The van der Waals surface area contributed by atoms with E-state index in [0.29, 0.717) is 5.82 Å². The second-order valence-electron chi connectivity index (χ2n) is 4.61. The number of nitrogens with zero attached hydrogens (tertiary/aromatic N) is 2. The van der Waals surface area contributed by atoms with Gasteiger partial charge in [0.25, 0.3) is 0 Å². The molecule has 2 aromatic heterocycles. The SMILES string of the molecule is CC(C)(C)c1ccnc(-c2nc(=S)o[nH]2)c1. The molecule has 0 aliphatic carbocycles. The van der Waals surface area contributed by atoms with Crippen LogP contribution in [0.2, 0.25) is 0 Å². The fraction of sp³-hybridized carbons (Fsp3) is 0.364. The maximum atomic E-state index is 4.88. The van der Waals surface area contributed by atoms with Gasteiger partial charge < -0.3 is 4.52 Å². The highest BCUT2D eigenvalue weighted by Gasteiger charge is 2.15. The summed E-state index contributed by atoms with van der Waals surface area (Å²) in [6.07, 6.45) is 1.77. The molecule has 1 N–H and O–H groups in total. The lowest BCUT2D eigenvalue weighted by Crippen LogP contribution is -2.11. The molecule has 0 bridgehead atoms. The number of hydrogen-bond acceptors (Lipinski definition) is 4. The highest BCUT2D eigenvalue weighted by molar-refractivity contribution is 7.71. The molecule has 0 unspecified atom stereocenters. The summed E-state index contributed by atoms with van der Waals surface area (Å²) in [6.45, 7) is 6.45. The second-order valence-corrected chi connectivity index (χ2v) is 4.96. The number of rotatable bonds is 1. The van der Waals surface area contributed by atoms with E-state index >= 15 is 0 Å². The lowest BCUT2D eigenvalue weighted by atomic mass is 9.87. The van der Waals surface area contributed by atoms with Crippen molar-refractivity contribution in [3.63, 3.8) is 0 Å². The molecular weight excluding hydrogens is 222 g/mol. The molecule has 0 radical (unpaired) electrons. The minimum atomic E-state index is 0.0816. The van der Waals surface area contributed by atoms with Gasteiger partial charge in [-0.1, -0.05) is 20.8 Å². The first-order valence-corrected chi connectivity index (χ1v) is 5.40. The zero-order valence-corrected chi connectivity index (χ0v) is 10.3. The van der Waals surface area contributed by atoms with Crippen molar-refractivity contribution in [2.75, 3.05) is 0 Å². The summed E-state index contributed by atoms with van der Waals surface area (Å²) in [7, 11) is 0. The molecule has 0 atom stereocenters. The van der Waals surface area contributed by atoms with Gasteiger partial charge in [0.2, 0.25) is 0 Å². The van der Waals surface area contributed by atoms with E-state index in [2.05, 4.69) is 35.9 Å². The minimum Gasteiger partial charge on any atom is -0.348 e. The van der Waals surface area contributed by atoms with Gasteiger partial charge in [0.1, 0.15) is 5.69 Å². The Morgan fingerprint density at radius 1 is 1.38 bits per heavy atom. The third-order valence-electron chi connectivity index (χ3n) is 2.31. The fourth-order valence-electron chi connectivity index (χ4n) is 1.37. The molecule has 16 heavy (non-hydrogen) atoms. The van der Waals surface area contributed by atoms with Gasteiger partial charge >= 0.3 is 4.84 Å². The summed E-state index contributed by atoms with van der Waals surface area (Å²) in [5, 5.41) is 2.65. The van der Waals surface area contributed by atoms with E-state index in [-0.39, 0.29) is 10.3 Å². The molecule has 2 aromatic rings. The minimum absolute atomic E-state index is 0.0816. The van der Waals surface area contributed by atoms with Crippen LogP contribution in [0.25, 0.3) is 11.5 Å². The Kier molecular flexibility index (Phi) is 2.63. The molecule has 0 aromatic carbocycles. The highest BCUT2D eigenvalue weighted by Crippen LogP contribution is 2.24. The van der Waals surface area contributed by atoms with Crippen LogP contribution in [0.3, 0.4) is 0 Å². The van der Waals surface area contributed by atoms with Crippen LogP contribution < -0.4 is 0 Å². The first-order chi connectivity index (χ1) is 7.47. The molecule has 0 saturated carbocycles. The van der Waals surface area contributed by atoms with Crippen molar-refractivity contribution in [3.8, 4) is 11.5 Å². The Morgan fingerprint density at radius 3 is 2.69 bits per heavy atom. The zero-order valence-electron chi connectivity index (χ0n) is 9.44. The van der Waals surface area contributed by atoms with Gasteiger partial charge in [0, 0.05) is 6.20 Å². The summed E-state index contributed by atoms with van der Waals surface area (Å²) >= 11 is 4.80. The first-order valence-electron chi connectivity index (χ1n) is 4.99. The average Bonchev–Trinajstić information content (AvgIpc) is 2.64. The highest BCUT2D eigenvalue weighted by atomic mass is 32.1. The van der Waals surface area contributed by atoms with E-state index < -0.39 is 0 Å². The van der Waals surface area contributed by atoms with Gasteiger partial charge in [-0.05, 0) is 35.3 Å². The number of aromatic nitrogens is 3. The molecule has 5 heteroatoms. The van der Waals surface area contributed by atoms with Crippen LogP contribution >= 0.6 is 12.2 Å². The summed E-state index contributed by atoms with van der Waals surface area (Å²) in [6, 6.07) is 3.99. The molecule has 0 fully saturated rings. The van der Waals surface area contributed by atoms with E-state index in [4.69, 9.17) is 16.7 Å². The standard InChI is InChI=1S/C11H13N3OS/c1-11(2,3)7-4-5-12-8(6-7)9-13-10(16)15-14-9/h4-6H,1-3H3,(H,13,14,16). The van der Waals surface area contributed by atoms with E-state index in [9.17, 15) is 0 Å². The monoisotopic (exact) mass is 235 g/mol. The Hall–Kier alpha value is -1.49. The topological polar surface area (TPSA) is 54.7 Å². The maximum absolute atomic E-state index is 4.88. The zero-order chi connectivity index (χ0) is 11.8. The molecule has 0 saturated heterocycles. The summed E-state index contributed by atoms with van der Waals surface area (Å²) < 4.78 is 4.88. The van der Waals surface area contributed by atoms with Crippen LogP contribution in [0.5, 0.6) is 0 Å². The number of nitrogens with one attached hydrogen (secondary N) is 1. The number of hydrogen-bond donors (Lipinski definition) is 1. The fourth-order valence-corrected chi connectivity index (χ4v) is 1.50. The van der Waals surface area contributed by atoms with E-state index in [1.165, 1.54) is 5.56 Å². The average molecular weight is 235 g/mol. The molecule has 4 nitrogen and oxygen atoms in total. The van der Waals surface area contributed by atoms with E-state index in [1.807, 2.05) is 12.1 Å². The Labute approximate surface area is 98.7 Å². The van der Waals surface area contributed by atoms with Gasteiger partial charge in [-0.15, -0.1) is 0 Å². The van der Waals surface area contributed by atoms with Crippen molar-refractivity contribution in [3.05, 3.63) is 28.7 Å². The molecule has 0 aliphatic heterocycles. The van der Waals surface area contributed by atoms with Crippen molar-refractivity contribution in [1.29, 1.82) is 0 Å². The largest absolute Gasteiger partial charge is 0.348 e. The van der Waals surface area contributed by atoms with Crippen molar-refractivity contribution < 1.29 is 4.52 Å². The van der Waals surface area contributed by atoms with Crippen molar-refractivity contribution in [2.45, 2.75) is 26.2 Å². The van der Waals surface area contributed by atoms with E-state index in [0.717, 1.165) is 5.69 Å². The van der Waals surface area contributed by atoms with Gasteiger partial charge in [-0.2, -0.15) is 10.1 Å². The van der Waals surface area contributed by atoms with Gasteiger partial charge in [-0.25, -0.2) is 0 Å². The van der Waals surface area contributed by atoms with Gasteiger partial charge in [0.05, 0.1) is 0 Å². The van der Waals surface area contributed by atoms with Crippen molar-refractivity contribution in [2.24, 2.45) is 0 Å². The van der Waals surface area contributed by atoms with Crippen LogP contribution in [0.1, 0.15) is 26.3 Å². The number of pyridine rings is 1. The molecular formula is C11H13N3OS. The molecule has 0 aliphatic rings. The number of H-pyrrole nitrogens is 1. The third-order valence-corrected chi connectivity index (χ3v) is 2.48. The Balaban J connectivity index is 2.48. The summed E-state index contributed by atoms with van der Waals surface area (Å²) in [5.74, 6) is 0.566. The van der Waals surface area contributed by atoms with Crippen molar-refractivity contribution in [1.82, 2.24) is 15.1 Å². The second kappa shape index (κ2) is 3.83. The van der Waals surface area contributed by atoms with Crippen LogP contribution in [-0.4, -0.2) is 15.1 Å². The van der Waals surface area contributed by atoms with E-state index in [1.54, 1.807) is 6.20 Å². The maximum Gasteiger partial charge on any atom is 0.314 e. The van der Waals surface area contributed by atoms with Crippen molar-refractivity contribution >= 4 is 12.2 Å². The molecule has 0 amide bonds. The lowest BCUT2D eigenvalue weighted by molar-refractivity contribution is 0.406. The smallest absolute Gasteiger partial charge is 0.314 e. The predicted octanol–water partition coefficient (Wildman–Crippen LogP) is 3.09.